The summed E-state index contributed by atoms with van der Waals surface area (Å²) in [6.45, 7) is 4.21. The summed E-state index contributed by atoms with van der Waals surface area (Å²) in [5, 5.41) is 16.7. The minimum atomic E-state index is 0.0922. The van der Waals surface area contributed by atoms with Gasteiger partial charge in [0.2, 0.25) is 11.0 Å². The normalized spacial score (nSPS) is 16.1. The van der Waals surface area contributed by atoms with Gasteiger partial charge in [0.05, 0.1) is 5.25 Å². The summed E-state index contributed by atoms with van der Waals surface area (Å²) < 4.78 is 6.27. The number of nitrogens with zero attached hydrogens (tertiary/aromatic N) is 4. The number of anilines is 1. The summed E-state index contributed by atoms with van der Waals surface area (Å²) in [6, 6.07) is 0.602. The van der Waals surface area contributed by atoms with Gasteiger partial charge in [-0.25, -0.2) is 0 Å². The monoisotopic (exact) mass is 325 g/mol. The SMILES string of the molecule is CCCCc1noc(C(C)Sc2nnc(NC3CC3)s2)n1. The molecule has 0 saturated heterocycles. The fourth-order valence-corrected chi connectivity index (χ4v) is 3.79. The second kappa shape index (κ2) is 6.74. The molecule has 0 radical (unpaired) electrons. The van der Waals surface area contributed by atoms with Crippen LogP contribution in [-0.2, 0) is 6.42 Å². The first-order valence-corrected chi connectivity index (χ1v) is 9.03. The van der Waals surface area contributed by atoms with E-state index < -0.39 is 0 Å². The van der Waals surface area contributed by atoms with Gasteiger partial charge in [-0.2, -0.15) is 4.98 Å². The number of hydrogen-bond acceptors (Lipinski definition) is 8. The Bertz CT molecular complexity index is 581. The number of aromatic nitrogens is 4. The fraction of sp³-hybridized carbons (Fsp3) is 0.692. The zero-order valence-corrected chi connectivity index (χ0v) is 13.8. The van der Waals surface area contributed by atoms with Gasteiger partial charge in [-0.1, -0.05) is 41.6 Å². The van der Waals surface area contributed by atoms with Crippen LogP contribution in [0.25, 0.3) is 0 Å². The van der Waals surface area contributed by atoms with Crippen molar-refractivity contribution in [3.63, 3.8) is 0 Å². The number of thioether (sulfide) groups is 1. The molecule has 0 spiro atoms. The van der Waals surface area contributed by atoms with Gasteiger partial charge < -0.3 is 9.84 Å². The quantitative estimate of drug-likeness (QED) is 0.742. The van der Waals surface area contributed by atoms with Crippen molar-refractivity contribution in [1.82, 2.24) is 20.3 Å². The van der Waals surface area contributed by atoms with E-state index in [4.69, 9.17) is 4.52 Å². The molecule has 3 rings (SSSR count). The van der Waals surface area contributed by atoms with Gasteiger partial charge >= 0.3 is 0 Å². The zero-order chi connectivity index (χ0) is 14.7. The van der Waals surface area contributed by atoms with E-state index >= 15 is 0 Å². The van der Waals surface area contributed by atoms with Gasteiger partial charge in [0.15, 0.2) is 10.2 Å². The van der Waals surface area contributed by atoms with Crippen molar-refractivity contribution >= 4 is 28.2 Å². The average molecular weight is 325 g/mol. The standard InChI is InChI=1S/C13H19N5OS2/c1-3-4-5-10-15-11(19-18-10)8(2)20-13-17-16-12(21-13)14-9-6-7-9/h8-9H,3-7H2,1-2H3,(H,14,16). The topological polar surface area (TPSA) is 76.7 Å². The molecule has 1 aliphatic rings. The Kier molecular flexibility index (Phi) is 4.74. The lowest BCUT2D eigenvalue weighted by atomic mass is 10.2. The number of unbranched alkanes of at least 4 members (excludes halogenated alkanes) is 1. The summed E-state index contributed by atoms with van der Waals surface area (Å²) in [5.74, 6) is 1.46. The van der Waals surface area contributed by atoms with Crippen molar-refractivity contribution in [3.8, 4) is 0 Å². The van der Waals surface area contributed by atoms with Crippen molar-refractivity contribution in [1.29, 1.82) is 0 Å². The lowest BCUT2D eigenvalue weighted by Gasteiger charge is -2.01. The van der Waals surface area contributed by atoms with Crippen LogP contribution in [0.5, 0.6) is 0 Å². The zero-order valence-electron chi connectivity index (χ0n) is 12.2. The molecule has 8 heteroatoms. The molecule has 114 valence electrons. The number of nitrogens with one attached hydrogen (secondary N) is 1. The Morgan fingerprint density at radius 1 is 1.43 bits per heavy atom. The summed E-state index contributed by atoms with van der Waals surface area (Å²) >= 11 is 3.20. The molecule has 1 atom stereocenters. The Morgan fingerprint density at radius 2 is 2.29 bits per heavy atom. The summed E-state index contributed by atoms with van der Waals surface area (Å²) in [7, 11) is 0. The van der Waals surface area contributed by atoms with Crippen LogP contribution < -0.4 is 5.32 Å². The molecular formula is C13H19N5OS2. The van der Waals surface area contributed by atoms with Crippen LogP contribution in [0, 0.1) is 0 Å². The minimum Gasteiger partial charge on any atom is -0.357 e. The van der Waals surface area contributed by atoms with E-state index in [1.165, 1.54) is 12.8 Å². The Morgan fingerprint density at radius 3 is 3.05 bits per heavy atom. The second-order valence-corrected chi connectivity index (χ2v) is 7.77. The highest BCUT2D eigenvalue weighted by Crippen LogP contribution is 2.37. The summed E-state index contributed by atoms with van der Waals surface area (Å²) in [6.07, 6.45) is 5.58. The van der Waals surface area contributed by atoms with Gasteiger partial charge in [0.1, 0.15) is 0 Å². The maximum Gasteiger partial charge on any atom is 0.239 e. The summed E-state index contributed by atoms with van der Waals surface area (Å²) in [5.41, 5.74) is 0. The molecule has 0 bridgehead atoms. The largest absolute Gasteiger partial charge is 0.357 e. The van der Waals surface area contributed by atoms with Gasteiger partial charge in [-0.05, 0) is 26.2 Å². The molecule has 6 nitrogen and oxygen atoms in total. The third-order valence-electron chi connectivity index (χ3n) is 3.17. The molecule has 1 aliphatic carbocycles. The highest BCUT2D eigenvalue weighted by atomic mass is 32.2. The van der Waals surface area contributed by atoms with E-state index in [0.29, 0.717) is 11.9 Å². The van der Waals surface area contributed by atoms with Crippen LogP contribution in [-0.4, -0.2) is 26.4 Å². The van der Waals surface area contributed by atoms with E-state index in [-0.39, 0.29) is 5.25 Å². The molecular weight excluding hydrogens is 306 g/mol. The molecule has 2 aromatic heterocycles. The highest BCUT2D eigenvalue weighted by Gasteiger charge is 2.23. The maximum absolute atomic E-state index is 5.34. The molecule has 1 saturated carbocycles. The molecule has 2 heterocycles. The average Bonchev–Trinajstić information content (AvgIpc) is 2.99. The highest BCUT2D eigenvalue weighted by molar-refractivity contribution is 8.01. The Labute approximate surface area is 132 Å². The Balaban J connectivity index is 1.55. The van der Waals surface area contributed by atoms with Gasteiger partial charge in [-0.15, -0.1) is 10.2 Å². The third-order valence-corrected chi connectivity index (χ3v) is 5.20. The lowest BCUT2D eigenvalue weighted by molar-refractivity contribution is 0.374. The van der Waals surface area contributed by atoms with Crippen LogP contribution in [0.15, 0.2) is 8.86 Å². The Hall–Kier alpha value is -1.15. The van der Waals surface area contributed by atoms with Crippen LogP contribution in [0.4, 0.5) is 5.13 Å². The van der Waals surface area contributed by atoms with Gasteiger partial charge in [0.25, 0.3) is 0 Å². The van der Waals surface area contributed by atoms with Crippen molar-refractivity contribution < 1.29 is 4.52 Å². The first-order valence-electron chi connectivity index (χ1n) is 7.33. The molecule has 0 aliphatic heterocycles. The molecule has 21 heavy (non-hydrogen) atoms. The smallest absolute Gasteiger partial charge is 0.239 e. The van der Waals surface area contributed by atoms with Crippen molar-refractivity contribution in [2.75, 3.05) is 5.32 Å². The van der Waals surface area contributed by atoms with Crippen LogP contribution >= 0.6 is 23.1 Å². The first-order chi connectivity index (χ1) is 10.2. The van der Waals surface area contributed by atoms with E-state index in [1.807, 2.05) is 0 Å². The predicted molar refractivity (Wildman–Crippen MR) is 83.7 cm³/mol. The van der Waals surface area contributed by atoms with Crippen molar-refractivity contribution in [3.05, 3.63) is 11.7 Å². The first kappa shape index (κ1) is 14.8. The lowest BCUT2D eigenvalue weighted by Crippen LogP contribution is -1.99. The molecule has 2 aromatic rings. The minimum absolute atomic E-state index is 0.0922. The molecule has 1 N–H and O–H groups in total. The maximum atomic E-state index is 5.34. The second-order valence-electron chi connectivity index (χ2n) is 5.20. The van der Waals surface area contributed by atoms with Gasteiger partial charge in [0, 0.05) is 12.5 Å². The van der Waals surface area contributed by atoms with E-state index in [1.54, 1.807) is 23.1 Å². The molecule has 1 fully saturated rings. The van der Waals surface area contributed by atoms with Crippen LogP contribution in [0.3, 0.4) is 0 Å². The van der Waals surface area contributed by atoms with E-state index in [9.17, 15) is 0 Å². The van der Waals surface area contributed by atoms with Gasteiger partial charge in [-0.3, -0.25) is 0 Å². The number of hydrogen-bond donors (Lipinski definition) is 1. The third kappa shape index (κ3) is 4.16. The van der Waals surface area contributed by atoms with Crippen LogP contribution in [0.2, 0.25) is 0 Å². The molecule has 0 aromatic carbocycles. The number of aryl methyl sites for hydroxylation is 1. The van der Waals surface area contributed by atoms with Crippen molar-refractivity contribution in [2.24, 2.45) is 0 Å². The fourth-order valence-electron chi connectivity index (χ4n) is 1.79. The molecule has 1 unspecified atom stereocenters. The van der Waals surface area contributed by atoms with Crippen LogP contribution in [0.1, 0.15) is 56.5 Å². The predicted octanol–water partition coefficient (Wildman–Crippen LogP) is 3.69. The van der Waals surface area contributed by atoms with Crippen molar-refractivity contribution in [2.45, 2.75) is 61.6 Å². The van der Waals surface area contributed by atoms with E-state index in [0.717, 1.165) is 34.6 Å². The summed E-state index contributed by atoms with van der Waals surface area (Å²) in [4.78, 5) is 4.45. The number of rotatable bonds is 8. The molecule has 0 amide bonds. The van der Waals surface area contributed by atoms with E-state index in [2.05, 4.69) is 39.5 Å².